The number of carbonyl (C=O) groups is 3. The predicted octanol–water partition coefficient (Wildman–Crippen LogP) is 2.72. The van der Waals surface area contributed by atoms with Crippen molar-refractivity contribution in [1.29, 1.82) is 5.26 Å². The molecule has 142 valence electrons. The summed E-state index contributed by atoms with van der Waals surface area (Å²) < 4.78 is 5.59. The first-order chi connectivity index (χ1) is 13.3. The molecule has 28 heavy (non-hydrogen) atoms. The van der Waals surface area contributed by atoms with Crippen LogP contribution in [0.25, 0.3) is 6.08 Å². The third-order valence-electron chi connectivity index (χ3n) is 3.44. The first-order valence-electron chi connectivity index (χ1n) is 7.77. The van der Waals surface area contributed by atoms with Gasteiger partial charge in [-0.25, -0.2) is 9.59 Å². The van der Waals surface area contributed by atoms with Gasteiger partial charge in [0.1, 0.15) is 24.0 Å². The number of nitrogens with zero attached hydrogens (tertiary/aromatic N) is 1. The fourth-order valence-electron chi connectivity index (χ4n) is 2.17. The number of urea groups is 1. The number of hydrogen-bond acceptors (Lipinski definition) is 5. The minimum atomic E-state index is -1.07. The monoisotopic (exact) mass is 399 g/mol. The summed E-state index contributed by atoms with van der Waals surface area (Å²) in [6, 6.07) is 11.5. The largest absolute Gasteiger partial charge is 0.487 e. The number of benzene rings is 2. The highest BCUT2D eigenvalue weighted by Gasteiger charge is 2.12. The molecule has 2 rings (SSSR count). The summed E-state index contributed by atoms with van der Waals surface area (Å²) in [5.74, 6) is -1.63. The Hall–Kier alpha value is -3.83. The number of ether oxygens (including phenoxy) is 1. The summed E-state index contributed by atoms with van der Waals surface area (Å²) in [4.78, 5) is 33.4. The molecule has 0 saturated carbocycles. The second kappa shape index (κ2) is 9.21. The lowest BCUT2D eigenvalue weighted by atomic mass is 10.1. The van der Waals surface area contributed by atoms with Gasteiger partial charge in [0, 0.05) is 0 Å². The molecular formula is C19H14ClN3O5. The molecule has 0 unspecified atom stereocenters. The van der Waals surface area contributed by atoms with Crippen molar-refractivity contribution in [2.24, 2.45) is 5.73 Å². The van der Waals surface area contributed by atoms with E-state index in [-0.39, 0.29) is 22.8 Å². The standard InChI is InChI=1S/C19H14ClN3O5/c20-15-8-11(6-14(9-21)17(24)23-19(22)27)4-5-16(15)28-10-12-2-1-3-13(7-12)18(25)26/h1-8H,10H2,(H,25,26)(H3,22,23,24,27)/b14-6-. The van der Waals surface area contributed by atoms with Crippen molar-refractivity contribution in [2.45, 2.75) is 6.61 Å². The van der Waals surface area contributed by atoms with Crippen LogP contribution in [0.15, 0.2) is 48.0 Å². The van der Waals surface area contributed by atoms with E-state index in [1.807, 2.05) is 0 Å². The van der Waals surface area contributed by atoms with E-state index in [1.54, 1.807) is 29.6 Å². The zero-order valence-electron chi connectivity index (χ0n) is 14.3. The fourth-order valence-corrected chi connectivity index (χ4v) is 2.42. The van der Waals surface area contributed by atoms with E-state index in [1.165, 1.54) is 30.3 Å². The molecule has 0 saturated heterocycles. The maximum absolute atomic E-state index is 11.7. The molecule has 0 aromatic heterocycles. The van der Waals surface area contributed by atoms with Gasteiger partial charge in [0.05, 0.1) is 10.6 Å². The second-order valence-electron chi connectivity index (χ2n) is 5.47. The third-order valence-corrected chi connectivity index (χ3v) is 3.73. The van der Waals surface area contributed by atoms with Gasteiger partial charge in [0.25, 0.3) is 5.91 Å². The van der Waals surface area contributed by atoms with Crippen molar-refractivity contribution < 1.29 is 24.2 Å². The van der Waals surface area contributed by atoms with E-state index < -0.39 is 17.9 Å². The van der Waals surface area contributed by atoms with Crippen LogP contribution in [0.1, 0.15) is 21.5 Å². The second-order valence-corrected chi connectivity index (χ2v) is 5.88. The summed E-state index contributed by atoms with van der Waals surface area (Å²) in [7, 11) is 0. The van der Waals surface area contributed by atoms with Crippen LogP contribution in [-0.4, -0.2) is 23.0 Å². The zero-order valence-corrected chi connectivity index (χ0v) is 15.1. The average molecular weight is 400 g/mol. The molecule has 0 bridgehead atoms. The quantitative estimate of drug-likeness (QED) is 0.503. The van der Waals surface area contributed by atoms with Crippen molar-refractivity contribution in [1.82, 2.24) is 5.32 Å². The highest BCUT2D eigenvalue weighted by Crippen LogP contribution is 2.27. The molecule has 0 aliphatic rings. The van der Waals surface area contributed by atoms with Crippen molar-refractivity contribution >= 4 is 35.6 Å². The van der Waals surface area contributed by atoms with Gasteiger partial charge in [0.2, 0.25) is 0 Å². The molecule has 0 aliphatic heterocycles. The van der Waals surface area contributed by atoms with E-state index in [4.69, 9.17) is 32.4 Å². The Kier molecular flexibility index (Phi) is 6.73. The summed E-state index contributed by atoms with van der Waals surface area (Å²) >= 11 is 6.16. The Morgan fingerprint density at radius 3 is 2.61 bits per heavy atom. The van der Waals surface area contributed by atoms with Crippen LogP contribution < -0.4 is 15.8 Å². The van der Waals surface area contributed by atoms with E-state index >= 15 is 0 Å². The number of rotatable bonds is 6. The fraction of sp³-hybridized carbons (Fsp3) is 0.0526. The molecule has 3 amide bonds. The molecule has 2 aromatic carbocycles. The van der Waals surface area contributed by atoms with Gasteiger partial charge in [-0.05, 0) is 41.5 Å². The molecule has 0 spiro atoms. The van der Waals surface area contributed by atoms with Crippen molar-refractivity contribution in [3.63, 3.8) is 0 Å². The highest BCUT2D eigenvalue weighted by molar-refractivity contribution is 6.32. The number of imide groups is 1. The van der Waals surface area contributed by atoms with Crippen molar-refractivity contribution in [2.75, 3.05) is 0 Å². The summed E-state index contributed by atoms with van der Waals surface area (Å²) in [5, 5.41) is 20.1. The number of carboxylic acid groups (broad SMARTS) is 1. The van der Waals surface area contributed by atoms with Crippen LogP contribution in [0.5, 0.6) is 5.75 Å². The smallest absolute Gasteiger partial charge is 0.335 e. The number of primary amides is 1. The Morgan fingerprint density at radius 2 is 2.00 bits per heavy atom. The number of hydrogen-bond donors (Lipinski definition) is 3. The number of nitrogens with one attached hydrogen (secondary N) is 1. The lowest BCUT2D eigenvalue weighted by molar-refractivity contribution is -0.115. The summed E-state index contributed by atoms with van der Waals surface area (Å²) in [6.45, 7) is 0.0977. The summed E-state index contributed by atoms with van der Waals surface area (Å²) in [5.41, 5.74) is 5.75. The Morgan fingerprint density at radius 1 is 1.25 bits per heavy atom. The van der Waals surface area contributed by atoms with E-state index in [2.05, 4.69) is 0 Å². The van der Waals surface area contributed by atoms with Gasteiger partial charge in [-0.3, -0.25) is 10.1 Å². The Bertz CT molecular complexity index is 1010. The molecule has 0 radical (unpaired) electrons. The lowest BCUT2D eigenvalue weighted by Gasteiger charge is -2.09. The molecular weight excluding hydrogens is 386 g/mol. The SMILES string of the molecule is N#C/C(=C/c1ccc(OCc2cccc(C(=O)O)c2)c(Cl)c1)C(=O)NC(N)=O. The molecule has 0 aliphatic carbocycles. The van der Waals surface area contributed by atoms with E-state index in [0.29, 0.717) is 16.9 Å². The predicted molar refractivity (Wildman–Crippen MR) is 101 cm³/mol. The first-order valence-corrected chi connectivity index (χ1v) is 8.15. The van der Waals surface area contributed by atoms with Crippen molar-refractivity contribution in [3.05, 3.63) is 69.8 Å². The molecule has 0 fully saturated rings. The molecule has 0 atom stereocenters. The van der Waals surface area contributed by atoms with Gasteiger partial charge in [0.15, 0.2) is 0 Å². The number of nitrogens with two attached hydrogens (primary N) is 1. The van der Waals surface area contributed by atoms with Gasteiger partial charge in [-0.1, -0.05) is 29.8 Å². The summed E-state index contributed by atoms with van der Waals surface area (Å²) in [6.07, 6.45) is 1.24. The number of nitriles is 1. The number of aromatic carboxylic acids is 1. The van der Waals surface area contributed by atoms with Crippen LogP contribution in [-0.2, 0) is 11.4 Å². The first kappa shape index (κ1) is 20.5. The van der Waals surface area contributed by atoms with Crippen LogP contribution in [0.2, 0.25) is 5.02 Å². The Labute approximate surface area is 164 Å². The van der Waals surface area contributed by atoms with E-state index in [9.17, 15) is 14.4 Å². The number of carboxylic acids is 1. The normalized spacial score (nSPS) is 10.6. The van der Waals surface area contributed by atoms with Gasteiger partial charge in [-0.15, -0.1) is 0 Å². The average Bonchev–Trinajstić information content (AvgIpc) is 2.65. The minimum absolute atomic E-state index is 0.0977. The van der Waals surface area contributed by atoms with Crippen LogP contribution in [0, 0.1) is 11.3 Å². The van der Waals surface area contributed by atoms with Crippen LogP contribution in [0.4, 0.5) is 4.79 Å². The van der Waals surface area contributed by atoms with Crippen LogP contribution >= 0.6 is 11.6 Å². The molecule has 9 heteroatoms. The minimum Gasteiger partial charge on any atom is -0.487 e. The molecule has 8 nitrogen and oxygen atoms in total. The molecule has 2 aromatic rings. The lowest BCUT2D eigenvalue weighted by Crippen LogP contribution is -2.35. The zero-order chi connectivity index (χ0) is 20.7. The van der Waals surface area contributed by atoms with Crippen LogP contribution in [0.3, 0.4) is 0 Å². The van der Waals surface area contributed by atoms with E-state index in [0.717, 1.165) is 0 Å². The topological polar surface area (TPSA) is 143 Å². The van der Waals surface area contributed by atoms with Gasteiger partial charge in [-0.2, -0.15) is 5.26 Å². The van der Waals surface area contributed by atoms with Gasteiger partial charge >= 0.3 is 12.0 Å². The van der Waals surface area contributed by atoms with Crippen molar-refractivity contribution in [3.8, 4) is 11.8 Å². The maximum atomic E-state index is 11.7. The molecule has 0 heterocycles. The highest BCUT2D eigenvalue weighted by atomic mass is 35.5. The maximum Gasteiger partial charge on any atom is 0.335 e. The number of carbonyl (C=O) groups excluding carboxylic acids is 2. The molecule has 4 N–H and O–H groups in total. The van der Waals surface area contributed by atoms with Gasteiger partial charge < -0.3 is 15.6 Å². The number of amides is 3. The third kappa shape index (κ3) is 5.59. The Balaban J connectivity index is 2.14. The number of halogens is 1.